The van der Waals surface area contributed by atoms with Crippen LogP contribution in [0.15, 0.2) is 29.0 Å². The average Bonchev–Trinajstić information content (AvgIpc) is 2.88. The first-order valence-electron chi connectivity index (χ1n) is 5.05. The van der Waals surface area contributed by atoms with E-state index in [1.54, 1.807) is 17.6 Å². The van der Waals surface area contributed by atoms with Gasteiger partial charge in [0.2, 0.25) is 0 Å². The van der Waals surface area contributed by atoms with E-state index in [-0.39, 0.29) is 0 Å². The van der Waals surface area contributed by atoms with E-state index in [0.29, 0.717) is 0 Å². The number of hydrogen-bond donors (Lipinski definition) is 1. The van der Waals surface area contributed by atoms with Crippen LogP contribution in [-0.2, 0) is 19.5 Å². The van der Waals surface area contributed by atoms with Gasteiger partial charge < -0.3 is 9.73 Å². The van der Waals surface area contributed by atoms with Gasteiger partial charge in [0.1, 0.15) is 5.76 Å². The molecule has 2 rings (SSSR count). The van der Waals surface area contributed by atoms with E-state index in [4.69, 9.17) is 4.42 Å². The fourth-order valence-corrected chi connectivity index (χ4v) is 2.15. The van der Waals surface area contributed by atoms with Crippen LogP contribution in [0.1, 0.15) is 22.6 Å². The van der Waals surface area contributed by atoms with Crippen LogP contribution in [0.2, 0.25) is 0 Å². The van der Waals surface area contributed by atoms with Crippen molar-refractivity contribution in [3.05, 3.63) is 40.2 Å². The number of nitrogens with one attached hydrogen (secondary N) is 1. The van der Waals surface area contributed by atoms with E-state index in [0.717, 1.165) is 25.3 Å². The second-order valence-corrected chi connectivity index (χ2v) is 4.46. The van der Waals surface area contributed by atoms with Crippen LogP contribution in [0.3, 0.4) is 0 Å². The molecule has 0 fully saturated rings. The fraction of sp³-hybridized carbons (Fsp3) is 0.364. The Labute approximate surface area is 93.2 Å². The van der Waals surface area contributed by atoms with Crippen LogP contribution in [0.25, 0.3) is 0 Å². The number of rotatable bonds is 5. The Kier molecular flexibility index (Phi) is 3.53. The predicted octanol–water partition coefficient (Wildman–Crippen LogP) is 2.59. The summed E-state index contributed by atoms with van der Waals surface area (Å²) in [6, 6.07) is 3.87. The molecule has 1 N–H and O–H groups in total. The highest BCUT2D eigenvalue weighted by Crippen LogP contribution is 2.13. The molecule has 0 aliphatic heterocycles. The van der Waals surface area contributed by atoms with Crippen molar-refractivity contribution in [1.82, 2.24) is 10.3 Å². The molecule has 0 aromatic carbocycles. The van der Waals surface area contributed by atoms with Crippen LogP contribution in [0.4, 0.5) is 0 Å². The Hall–Kier alpha value is -1.13. The van der Waals surface area contributed by atoms with E-state index < -0.39 is 0 Å². The smallest absolute Gasteiger partial charge is 0.117 e. The minimum Gasteiger partial charge on any atom is -0.468 e. The first-order chi connectivity index (χ1) is 7.38. The van der Waals surface area contributed by atoms with Crippen molar-refractivity contribution < 1.29 is 4.42 Å². The zero-order chi connectivity index (χ0) is 10.5. The number of aryl methyl sites for hydroxylation is 1. The molecule has 0 unspecified atom stereocenters. The SMILES string of the molecule is CCc1ncc(CNCc2ccco2)s1. The molecule has 80 valence electrons. The highest BCUT2D eigenvalue weighted by molar-refractivity contribution is 7.11. The normalized spacial score (nSPS) is 10.7. The van der Waals surface area contributed by atoms with Gasteiger partial charge in [0.05, 0.1) is 17.8 Å². The maximum Gasteiger partial charge on any atom is 0.117 e. The van der Waals surface area contributed by atoms with E-state index in [2.05, 4.69) is 17.2 Å². The third-order valence-corrected chi connectivity index (χ3v) is 3.22. The van der Waals surface area contributed by atoms with Crippen LogP contribution in [-0.4, -0.2) is 4.98 Å². The Bertz CT molecular complexity index is 394. The zero-order valence-electron chi connectivity index (χ0n) is 8.69. The molecule has 0 saturated carbocycles. The van der Waals surface area contributed by atoms with Crippen molar-refractivity contribution in [2.45, 2.75) is 26.4 Å². The summed E-state index contributed by atoms with van der Waals surface area (Å²) in [6.07, 6.45) is 4.65. The summed E-state index contributed by atoms with van der Waals surface area (Å²) in [4.78, 5) is 5.58. The molecule has 0 radical (unpaired) electrons. The molecule has 0 bridgehead atoms. The summed E-state index contributed by atoms with van der Waals surface area (Å²) in [5.41, 5.74) is 0. The first-order valence-corrected chi connectivity index (χ1v) is 5.87. The maximum atomic E-state index is 5.22. The Morgan fingerprint density at radius 3 is 3.07 bits per heavy atom. The summed E-state index contributed by atoms with van der Waals surface area (Å²) in [7, 11) is 0. The first kappa shape index (κ1) is 10.4. The lowest BCUT2D eigenvalue weighted by Gasteiger charge is -1.98. The lowest BCUT2D eigenvalue weighted by Crippen LogP contribution is -2.10. The van der Waals surface area contributed by atoms with Crippen molar-refractivity contribution in [1.29, 1.82) is 0 Å². The summed E-state index contributed by atoms with van der Waals surface area (Å²) >= 11 is 1.77. The number of hydrogen-bond acceptors (Lipinski definition) is 4. The summed E-state index contributed by atoms with van der Waals surface area (Å²) in [5, 5.41) is 4.52. The molecule has 0 amide bonds. The van der Waals surface area contributed by atoms with Crippen molar-refractivity contribution in [2.75, 3.05) is 0 Å². The van der Waals surface area contributed by atoms with E-state index in [1.165, 1.54) is 9.88 Å². The van der Waals surface area contributed by atoms with Gasteiger partial charge in [-0.1, -0.05) is 6.92 Å². The summed E-state index contributed by atoms with van der Waals surface area (Å²) in [5.74, 6) is 0.968. The highest BCUT2D eigenvalue weighted by atomic mass is 32.1. The molecule has 4 heteroatoms. The molecule has 0 atom stereocenters. The van der Waals surface area contributed by atoms with E-state index in [9.17, 15) is 0 Å². The molecular formula is C11H14N2OS. The maximum absolute atomic E-state index is 5.22. The van der Waals surface area contributed by atoms with Crippen LogP contribution in [0, 0.1) is 0 Å². The molecule has 0 aliphatic rings. The monoisotopic (exact) mass is 222 g/mol. The van der Waals surface area contributed by atoms with E-state index >= 15 is 0 Å². The van der Waals surface area contributed by atoms with Crippen LogP contribution >= 0.6 is 11.3 Å². The average molecular weight is 222 g/mol. The molecular weight excluding hydrogens is 208 g/mol. The number of aromatic nitrogens is 1. The fourth-order valence-electron chi connectivity index (χ4n) is 1.32. The molecule has 15 heavy (non-hydrogen) atoms. The highest BCUT2D eigenvalue weighted by Gasteiger charge is 2.00. The minimum atomic E-state index is 0.770. The second kappa shape index (κ2) is 5.09. The van der Waals surface area contributed by atoms with Crippen molar-refractivity contribution >= 4 is 11.3 Å². The van der Waals surface area contributed by atoms with Gasteiger partial charge in [-0.3, -0.25) is 0 Å². The van der Waals surface area contributed by atoms with Gasteiger partial charge >= 0.3 is 0 Å². The Balaban J connectivity index is 1.78. The summed E-state index contributed by atoms with van der Waals surface area (Å²) < 4.78 is 5.22. The third-order valence-electron chi connectivity index (χ3n) is 2.08. The number of nitrogens with zero attached hydrogens (tertiary/aromatic N) is 1. The number of thiazole rings is 1. The van der Waals surface area contributed by atoms with Gasteiger partial charge in [-0.2, -0.15) is 0 Å². The predicted molar refractivity (Wildman–Crippen MR) is 60.7 cm³/mol. The van der Waals surface area contributed by atoms with Crippen LogP contribution < -0.4 is 5.32 Å². The standard InChI is InChI=1S/C11H14N2OS/c1-2-11-13-8-10(15-11)7-12-6-9-4-3-5-14-9/h3-5,8,12H,2,6-7H2,1H3. The largest absolute Gasteiger partial charge is 0.468 e. The number of furan rings is 1. The molecule has 3 nitrogen and oxygen atoms in total. The molecule has 2 aromatic rings. The van der Waals surface area contributed by atoms with Crippen molar-refractivity contribution in [3.63, 3.8) is 0 Å². The topological polar surface area (TPSA) is 38.1 Å². The minimum absolute atomic E-state index is 0.770. The quantitative estimate of drug-likeness (QED) is 0.845. The van der Waals surface area contributed by atoms with Gasteiger partial charge in [0, 0.05) is 17.6 Å². The molecule has 0 aliphatic carbocycles. The molecule has 0 spiro atoms. The van der Waals surface area contributed by atoms with Gasteiger partial charge in [0.15, 0.2) is 0 Å². The lowest BCUT2D eigenvalue weighted by molar-refractivity contribution is 0.483. The van der Waals surface area contributed by atoms with Gasteiger partial charge in [-0.15, -0.1) is 11.3 Å². The lowest BCUT2D eigenvalue weighted by atomic mass is 10.4. The molecule has 0 saturated heterocycles. The summed E-state index contributed by atoms with van der Waals surface area (Å²) in [6.45, 7) is 3.75. The third kappa shape index (κ3) is 2.91. The molecule has 2 heterocycles. The van der Waals surface area contributed by atoms with Crippen molar-refractivity contribution in [3.8, 4) is 0 Å². The van der Waals surface area contributed by atoms with Gasteiger partial charge in [0.25, 0.3) is 0 Å². The zero-order valence-corrected chi connectivity index (χ0v) is 9.51. The Morgan fingerprint density at radius 1 is 1.47 bits per heavy atom. The molecule has 2 aromatic heterocycles. The van der Waals surface area contributed by atoms with Crippen LogP contribution in [0.5, 0.6) is 0 Å². The second-order valence-electron chi connectivity index (χ2n) is 3.26. The van der Waals surface area contributed by atoms with Gasteiger partial charge in [-0.25, -0.2) is 4.98 Å². The van der Waals surface area contributed by atoms with E-state index in [1.807, 2.05) is 18.3 Å². The van der Waals surface area contributed by atoms with Gasteiger partial charge in [-0.05, 0) is 18.6 Å². The van der Waals surface area contributed by atoms with Crippen molar-refractivity contribution in [2.24, 2.45) is 0 Å². The Morgan fingerprint density at radius 2 is 2.40 bits per heavy atom.